The van der Waals surface area contributed by atoms with Crippen LogP contribution in [0.2, 0.25) is 0 Å². The second-order valence-electron chi connectivity index (χ2n) is 4.19. The lowest BCUT2D eigenvalue weighted by atomic mass is 10.2. The number of nitro groups is 1. The van der Waals surface area contributed by atoms with Crippen molar-refractivity contribution in [1.29, 1.82) is 0 Å². The van der Waals surface area contributed by atoms with Crippen LogP contribution in [0.1, 0.15) is 5.56 Å². The van der Waals surface area contributed by atoms with Gasteiger partial charge in [0.2, 0.25) is 5.16 Å². The number of rotatable bonds is 5. The number of nitrogens with zero attached hydrogens (tertiary/aromatic N) is 7. The lowest BCUT2D eigenvalue weighted by Gasteiger charge is -2.03. The fourth-order valence-corrected chi connectivity index (χ4v) is 2.32. The van der Waals surface area contributed by atoms with Crippen molar-refractivity contribution in [3.05, 3.63) is 58.4 Å². The van der Waals surface area contributed by atoms with Crippen LogP contribution in [0.15, 0.2) is 53.0 Å². The predicted octanol–water partition coefficient (Wildman–Crippen LogP) is 1.57. The topological polar surface area (TPSA) is 113 Å². The normalized spacial score (nSPS) is 10.5. The lowest BCUT2D eigenvalue weighted by Crippen LogP contribution is -2.04. The van der Waals surface area contributed by atoms with E-state index in [4.69, 9.17) is 0 Å². The molecule has 10 heteroatoms. The van der Waals surface area contributed by atoms with Gasteiger partial charge in [-0.25, -0.2) is 14.6 Å². The van der Waals surface area contributed by atoms with Crippen molar-refractivity contribution in [2.24, 2.45) is 0 Å². The van der Waals surface area contributed by atoms with Gasteiger partial charge in [0, 0.05) is 0 Å². The van der Waals surface area contributed by atoms with E-state index in [2.05, 4.69) is 25.5 Å². The first-order valence-corrected chi connectivity index (χ1v) is 6.98. The summed E-state index contributed by atoms with van der Waals surface area (Å²) in [5.41, 5.74) is 0.898. The smallest absolute Gasteiger partial charge is 0.258 e. The molecule has 3 aromatic rings. The van der Waals surface area contributed by atoms with E-state index in [-0.39, 0.29) is 5.69 Å². The van der Waals surface area contributed by atoms with Crippen molar-refractivity contribution in [3.8, 4) is 0 Å². The molecule has 0 N–H and O–H groups in total. The number of tetrazole rings is 1. The fourth-order valence-electron chi connectivity index (χ4n) is 1.66. The van der Waals surface area contributed by atoms with Crippen molar-refractivity contribution >= 4 is 17.4 Å². The molecule has 0 aliphatic carbocycles. The van der Waals surface area contributed by atoms with Gasteiger partial charge in [0.15, 0.2) is 5.16 Å². The minimum Gasteiger partial charge on any atom is -0.258 e. The van der Waals surface area contributed by atoms with E-state index in [1.54, 1.807) is 4.68 Å². The molecule has 0 saturated carbocycles. The molecular formula is C12H9N7O2S. The van der Waals surface area contributed by atoms with Crippen LogP contribution in [0, 0.1) is 10.1 Å². The molecule has 0 atom stereocenters. The van der Waals surface area contributed by atoms with Crippen LogP contribution in [0.4, 0.5) is 5.69 Å². The summed E-state index contributed by atoms with van der Waals surface area (Å²) in [5, 5.41) is 22.9. The maximum absolute atomic E-state index is 10.6. The van der Waals surface area contributed by atoms with Crippen LogP contribution in [0.5, 0.6) is 0 Å². The first-order valence-electron chi connectivity index (χ1n) is 6.17. The van der Waals surface area contributed by atoms with Crippen molar-refractivity contribution in [1.82, 2.24) is 30.2 Å². The summed E-state index contributed by atoms with van der Waals surface area (Å²) in [6, 6.07) is 9.75. The van der Waals surface area contributed by atoms with Gasteiger partial charge in [-0.1, -0.05) is 30.3 Å². The SMILES string of the molecule is O=[N+]([O-])c1cnc(Sc2nnnn2Cc2ccccc2)nc1. The van der Waals surface area contributed by atoms with Crippen LogP contribution in [0.3, 0.4) is 0 Å². The van der Waals surface area contributed by atoms with Gasteiger partial charge in [-0.15, -0.1) is 5.10 Å². The highest BCUT2D eigenvalue weighted by Gasteiger charge is 2.12. The van der Waals surface area contributed by atoms with Crippen LogP contribution in [-0.4, -0.2) is 35.1 Å². The van der Waals surface area contributed by atoms with Crippen LogP contribution in [-0.2, 0) is 6.54 Å². The monoisotopic (exact) mass is 315 g/mol. The number of aromatic nitrogens is 6. The molecule has 9 nitrogen and oxygen atoms in total. The molecule has 0 bridgehead atoms. The largest absolute Gasteiger partial charge is 0.305 e. The summed E-state index contributed by atoms with van der Waals surface area (Å²) in [6.07, 6.45) is 2.31. The van der Waals surface area contributed by atoms with E-state index in [1.165, 1.54) is 0 Å². The molecule has 0 fully saturated rings. The molecule has 0 saturated heterocycles. The maximum Gasteiger partial charge on any atom is 0.305 e. The highest BCUT2D eigenvalue weighted by molar-refractivity contribution is 7.99. The molecule has 2 heterocycles. The third-order valence-electron chi connectivity index (χ3n) is 2.68. The summed E-state index contributed by atoms with van der Waals surface area (Å²) >= 11 is 1.14. The molecule has 110 valence electrons. The van der Waals surface area contributed by atoms with Gasteiger partial charge in [0.05, 0.1) is 11.5 Å². The molecule has 0 radical (unpaired) electrons. The Hall–Kier alpha value is -2.88. The van der Waals surface area contributed by atoms with Crippen LogP contribution >= 0.6 is 11.8 Å². The molecule has 0 aliphatic rings. The van der Waals surface area contributed by atoms with Crippen molar-refractivity contribution in [3.63, 3.8) is 0 Å². The quantitative estimate of drug-likeness (QED) is 0.396. The highest BCUT2D eigenvalue weighted by atomic mass is 32.2. The van der Waals surface area contributed by atoms with E-state index < -0.39 is 4.92 Å². The Bertz CT molecular complexity index is 776. The van der Waals surface area contributed by atoms with Gasteiger partial charge >= 0.3 is 5.69 Å². The lowest BCUT2D eigenvalue weighted by molar-refractivity contribution is -0.385. The van der Waals surface area contributed by atoms with E-state index >= 15 is 0 Å². The Morgan fingerprint density at radius 2 is 1.91 bits per heavy atom. The summed E-state index contributed by atoms with van der Waals surface area (Å²) in [6.45, 7) is 0.517. The van der Waals surface area contributed by atoms with E-state index in [0.717, 1.165) is 29.7 Å². The van der Waals surface area contributed by atoms with Gasteiger partial charge in [-0.3, -0.25) is 10.1 Å². The molecular weight excluding hydrogens is 306 g/mol. The number of hydrogen-bond donors (Lipinski definition) is 0. The molecule has 0 aliphatic heterocycles. The first kappa shape index (κ1) is 14.1. The Morgan fingerprint density at radius 1 is 1.18 bits per heavy atom. The van der Waals surface area contributed by atoms with Gasteiger partial charge in [0.25, 0.3) is 0 Å². The third-order valence-corrected chi connectivity index (χ3v) is 3.55. The Kier molecular flexibility index (Phi) is 4.01. The van der Waals surface area contributed by atoms with Gasteiger partial charge in [-0.2, -0.15) is 0 Å². The molecule has 22 heavy (non-hydrogen) atoms. The van der Waals surface area contributed by atoms with Crippen LogP contribution in [0.25, 0.3) is 0 Å². The average molecular weight is 315 g/mol. The van der Waals surface area contributed by atoms with Gasteiger partial charge in [0.1, 0.15) is 12.4 Å². The maximum atomic E-state index is 10.6. The number of hydrogen-bond acceptors (Lipinski definition) is 8. The average Bonchev–Trinajstić information content (AvgIpc) is 2.96. The minimum atomic E-state index is -0.548. The molecule has 1 aromatic carbocycles. The molecule has 0 amide bonds. The van der Waals surface area contributed by atoms with Gasteiger partial charge in [-0.05, 0) is 27.8 Å². The van der Waals surface area contributed by atoms with Crippen molar-refractivity contribution in [2.45, 2.75) is 16.9 Å². The summed E-state index contributed by atoms with van der Waals surface area (Å²) in [5.74, 6) is 0. The molecule has 3 rings (SSSR count). The summed E-state index contributed by atoms with van der Waals surface area (Å²) in [7, 11) is 0. The Labute approximate surface area is 128 Å². The predicted molar refractivity (Wildman–Crippen MR) is 76.2 cm³/mol. The van der Waals surface area contributed by atoms with Crippen molar-refractivity contribution < 1.29 is 4.92 Å². The fraction of sp³-hybridized carbons (Fsp3) is 0.0833. The minimum absolute atomic E-state index is 0.159. The van der Waals surface area contributed by atoms with E-state index in [9.17, 15) is 10.1 Å². The van der Waals surface area contributed by atoms with Gasteiger partial charge < -0.3 is 0 Å². The Balaban J connectivity index is 1.76. The molecule has 0 unspecified atom stereocenters. The zero-order chi connectivity index (χ0) is 15.4. The molecule has 2 aromatic heterocycles. The number of benzene rings is 1. The summed E-state index contributed by atoms with van der Waals surface area (Å²) in [4.78, 5) is 17.9. The second kappa shape index (κ2) is 6.26. The van der Waals surface area contributed by atoms with Crippen LogP contribution < -0.4 is 0 Å². The highest BCUT2D eigenvalue weighted by Crippen LogP contribution is 2.22. The standard InChI is InChI=1S/C12H9N7O2S/c20-19(21)10-6-13-11(14-7-10)22-12-15-16-17-18(12)8-9-4-2-1-3-5-9/h1-7H,8H2. The molecule has 0 spiro atoms. The Morgan fingerprint density at radius 3 is 2.59 bits per heavy atom. The van der Waals surface area contributed by atoms with Crippen molar-refractivity contribution in [2.75, 3.05) is 0 Å². The second-order valence-corrected chi connectivity index (χ2v) is 5.12. The summed E-state index contributed by atoms with van der Waals surface area (Å²) < 4.78 is 1.62. The zero-order valence-electron chi connectivity index (χ0n) is 11.1. The third kappa shape index (κ3) is 3.23. The van der Waals surface area contributed by atoms with E-state index in [1.807, 2.05) is 30.3 Å². The zero-order valence-corrected chi connectivity index (χ0v) is 11.9. The van der Waals surface area contributed by atoms with E-state index in [0.29, 0.717) is 16.9 Å². The first-order chi connectivity index (χ1) is 10.7.